The Balaban J connectivity index is 2.47. The lowest BCUT2D eigenvalue weighted by Gasteiger charge is -2.39. The fraction of sp³-hybridized carbons (Fsp3) is 1.00. The van der Waals surface area contributed by atoms with E-state index in [1.807, 2.05) is 0 Å². The van der Waals surface area contributed by atoms with Gasteiger partial charge in [-0.1, -0.05) is 20.8 Å². The van der Waals surface area contributed by atoms with E-state index in [2.05, 4.69) is 20.8 Å². The van der Waals surface area contributed by atoms with Crippen molar-refractivity contribution in [1.82, 2.24) is 0 Å². The predicted molar refractivity (Wildman–Crippen MR) is 63.8 cm³/mol. The lowest BCUT2D eigenvalue weighted by atomic mass is 9.70. The summed E-state index contributed by atoms with van der Waals surface area (Å²) in [5.74, 6) is 0.332. The lowest BCUT2D eigenvalue weighted by molar-refractivity contribution is -0.105. The van der Waals surface area contributed by atoms with E-state index >= 15 is 0 Å². The summed E-state index contributed by atoms with van der Waals surface area (Å²) < 4.78 is 0. The van der Waals surface area contributed by atoms with E-state index in [1.54, 1.807) is 0 Å². The van der Waals surface area contributed by atoms with Gasteiger partial charge in [0.2, 0.25) is 0 Å². The summed E-state index contributed by atoms with van der Waals surface area (Å²) in [6.45, 7) is 6.31. The Labute approximate surface area is 98.5 Å². The van der Waals surface area contributed by atoms with Crippen molar-refractivity contribution in [3.05, 3.63) is 0 Å². The third-order valence-electron chi connectivity index (χ3n) is 4.40. The molecule has 3 heteroatoms. The van der Waals surface area contributed by atoms with E-state index in [-0.39, 0.29) is 17.4 Å². The number of hydrogen-bond donors (Lipinski definition) is 3. The molecule has 3 nitrogen and oxygen atoms in total. The monoisotopic (exact) mass is 230 g/mol. The van der Waals surface area contributed by atoms with Gasteiger partial charge in [0.1, 0.15) is 0 Å². The maximum absolute atomic E-state index is 10.3. The number of aliphatic hydroxyl groups excluding tert-OH is 2. The molecule has 96 valence electrons. The van der Waals surface area contributed by atoms with Crippen LogP contribution in [0, 0.1) is 17.3 Å². The minimum Gasteiger partial charge on any atom is -0.392 e. The molecule has 1 saturated carbocycles. The van der Waals surface area contributed by atoms with Crippen molar-refractivity contribution in [3.8, 4) is 0 Å². The lowest BCUT2D eigenvalue weighted by Crippen LogP contribution is -2.38. The van der Waals surface area contributed by atoms with Gasteiger partial charge in [-0.05, 0) is 43.4 Å². The van der Waals surface area contributed by atoms with Crippen molar-refractivity contribution in [2.75, 3.05) is 0 Å². The fourth-order valence-electron chi connectivity index (χ4n) is 2.61. The largest absolute Gasteiger partial charge is 0.392 e. The van der Waals surface area contributed by atoms with Gasteiger partial charge in [0.05, 0.1) is 6.10 Å². The molecule has 0 aromatic heterocycles. The minimum absolute atomic E-state index is 0.00758. The fourth-order valence-corrected chi connectivity index (χ4v) is 2.61. The van der Waals surface area contributed by atoms with Gasteiger partial charge in [0.25, 0.3) is 0 Å². The highest BCUT2D eigenvalue weighted by Gasteiger charge is 2.36. The first-order chi connectivity index (χ1) is 7.38. The van der Waals surface area contributed by atoms with Gasteiger partial charge >= 0.3 is 0 Å². The van der Waals surface area contributed by atoms with Crippen molar-refractivity contribution < 1.29 is 15.3 Å². The maximum atomic E-state index is 10.3. The molecule has 1 aliphatic rings. The average molecular weight is 230 g/mol. The van der Waals surface area contributed by atoms with Gasteiger partial charge in [-0.15, -0.1) is 0 Å². The molecule has 1 atom stereocenters. The summed E-state index contributed by atoms with van der Waals surface area (Å²) in [5.41, 5.74) is -0.0324. The standard InChI is InChI=1S/C13H26O3/c1-4-13(2,3)11(14)9-5-7-10(8-6-9)12(15)16/h9-12,14-16H,4-8H2,1-3H3. The molecule has 0 radical (unpaired) electrons. The van der Waals surface area contributed by atoms with E-state index in [0.717, 1.165) is 32.1 Å². The normalized spacial score (nSPS) is 29.4. The van der Waals surface area contributed by atoms with Crippen LogP contribution in [-0.2, 0) is 0 Å². The second kappa shape index (κ2) is 5.48. The van der Waals surface area contributed by atoms with Crippen molar-refractivity contribution in [1.29, 1.82) is 0 Å². The minimum atomic E-state index is -1.18. The first-order valence-electron chi connectivity index (χ1n) is 6.42. The summed E-state index contributed by atoms with van der Waals surface area (Å²) in [7, 11) is 0. The van der Waals surface area contributed by atoms with E-state index in [0.29, 0.717) is 5.92 Å². The smallest absolute Gasteiger partial charge is 0.154 e. The van der Waals surface area contributed by atoms with Crippen molar-refractivity contribution in [2.45, 2.75) is 65.3 Å². The summed E-state index contributed by atoms with van der Waals surface area (Å²) >= 11 is 0. The summed E-state index contributed by atoms with van der Waals surface area (Å²) in [6, 6.07) is 0. The van der Waals surface area contributed by atoms with Gasteiger partial charge in [0, 0.05) is 5.92 Å². The molecule has 3 N–H and O–H groups in total. The van der Waals surface area contributed by atoms with E-state index in [4.69, 9.17) is 10.2 Å². The van der Waals surface area contributed by atoms with E-state index < -0.39 is 6.29 Å². The van der Waals surface area contributed by atoms with Gasteiger partial charge < -0.3 is 15.3 Å². The van der Waals surface area contributed by atoms with E-state index in [1.165, 1.54) is 0 Å². The van der Waals surface area contributed by atoms with Crippen LogP contribution in [0.2, 0.25) is 0 Å². The summed E-state index contributed by atoms with van der Waals surface area (Å²) in [5, 5.41) is 28.5. The Bertz CT molecular complexity index is 205. The third-order valence-corrected chi connectivity index (χ3v) is 4.40. The highest BCUT2D eigenvalue weighted by Crippen LogP contribution is 2.39. The van der Waals surface area contributed by atoms with E-state index in [9.17, 15) is 5.11 Å². The van der Waals surface area contributed by atoms with Crippen LogP contribution in [-0.4, -0.2) is 27.7 Å². The molecule has 0 heterocycles. The maximum Gasteiger partial charge on any atom is 0.154 e. The highest BCUT2D eigenvalue weighted by molar-refractivity contribution is 4.86. The zero-order valence-corrected chi connectivity index (χ0v) is 10.7. The number of hydrogen-bond acceptors (Lipinski definition) is 3. The third kappa shape index (κ3) is 3.19. The van der Waals surface area contributed by atoms with Crippen LogP contribution in [0.15, 0.2) is 0 Å². The van der Waals surface area contributed by atoms with Crippen LogP contribution in [0.3, 0.4) is 0 Å². The molecule has 0 bridgehead atoms. The molecule has 0 amide bonds. The van der Waals surface area contributed by atoms with Crippen LogP contribution < -0.4 is 0 Å². The average Bonchev–Trinajstić information content (AvgIpc) is 2.28. The SMILES string of the molecule is CCC(C)(C)C(O)C1CCC(C(O)O)CC1. The van der Waals surface area contributed by atoms with Crippen molar-refractivity contribution >= 4 is 0 Å². The van der Waals surface area contributed by atoms with Gasteiger partial charge in [0.15, 0.2) is 6.29 Å². The van der Waals surface area contributed by atoms with Crippen LogP contribution in [0.4, 0.5) is 0 Å². The zero-order chi connectivity index (χ0) is 12.3. The van der Waals surface area contributed by atoms with Crippen molar-refractivity contribution in [3.63, 3.8) is 0 Å². The first kappa shape index (κ1) is 13.9. The molecule has 16 heavy (non-hydrogen) atoms. The Hall–Kier alpha value is -0.120. The quantitative estimate of drug-likeness (QED) is 0.646. The molecule has 1 aliphatic carbocycles. The summed E-state index contributed by atoms with van der Waals surface area (Å²) in [4.78, 5) is 0. The van der Waals surface area contributed by atoms with Crippen LogP contribution in [0.1, 0.15) is 52.9 Å². The Morgan fingerprint density at radius 2 is 1.44 bits per heavy atom. The van der Waals surface area contributed by atoms with Crippen molar-refractivity contribution in [2.24, 2.45) is 17.3 Å². The molecular weight excluding hydrogens is 204 g/mol. The summed E-state index contributed by atoms with van der Waals surface area (Å²) in [6.07, 6.45) is 2.97. The van der Waals surface area contributed by atoms with Crippen LogP contribution in [0.25, 0.3) is 0 Å². The molecule has 0 spiro atoms. The van der Waals surface area contributed by atoms with Crippen LogP contribution >= 0.6 is 0 Å². The number of aliphatic hydroxyl groups is 3. The zero-order valence-electron chi connectivity index (χ0n) is 10.7. The van der Waals surface area contributed by atoms with Gasteiger partial charge in [-0.3, -0.25) is 0 Å². The molecule has 0 aliphatic heterocycles. The Kier molecular flexibility index (Phi) is 4.77. The first-order valence-corrected chi connectivity index (χ1v) is 6.42. The molecule has 0 aromatic rings. The molecule has 1 rings (SSSR count). The molecule has 1 unspecified atom stereocenters. The van der Waals surface area contributed by atoms with Gasteiger partial charge in [-0.2, -0.15) is 0 Å². The topological polar surface area (TPSA) is 60.7 Å². The molecule has 0 saturated heterocycles. The number of rotatable bonds is 4. The Morgan fingerprint density at radius 3 is 1.81 bits per heavy atom. The highest BCUT2D eigenvalue weighted by atomic mass is 16.5. The molecular formula is C13H26O3. The molecule has 0 aromatic carbocycles. The van der Waals surface area contributed by atoms with Gasteiger partial charge in [-0.25, -0.2) is 0 Å². The second-order valence-electron chi connectivity index (χ2n) is 5.88. The molecule has 1 fully saturated rings. The predicted octanol–water partition coefficient (Wildman–Crippen LogP) is 1.90. The Morgan fingerprint density at radius 1 is 1.00 bits per heavy atom. The second-order valence-corrected chi connectivity index (χ2v) is 5.88. The van der Waals surface area contributed by atoms with Crippen LogP contribution in [0.5, 0.6) is 0 Å².